The quantitative estimate of drug-likeness (QED) is 0.728. The highest BCUT2D eigenvalue weighted by molar-refractivity contribution is 5.67. The predicted octanol–water partition coefficient (Wildman–Crippen LogP) is 1.44. The molecule has 1 rings (SSSR count). The maximum Gasteiger partial charge on any atom is 0.508 e. The number of methoxy groups -OCH3 is 2. The second-order valence-corrected chi connectivity index (χ2v) is 3.68. The van der Waals surface area contributed by atoms with Crippen LogP contribution in [0, 0.1) is 0 Å². The number of amides is 1. The van der Waals surface area contributed by atoms with Crippen LogP contribution in [0.5, 0.6) is 0 Å². The van der Waals surface area contributed by atoms with E-state index in [9.17, 15) is 9.59 Å². The van der Waals surface area contributed by atoms with E-state index in [4.69, 9.17) is 4.74 Å². The van der Waals surface area contributed by atoms with Gasteiger partial charge in [-0.15, -0.1) is 0 Å². The molecular weight excluding hydrogens is 214 g/mol. The Labute approximate surface area is 94.2 Å². The normalized spacial score (nSPS) is 24.4. The zero-order valence-electron chi connectivity index (χ0n) is 9.52. The smallest absolute Gasteiger partial charge is 0.453 e. The molecule has 1 aliphatic carbocycles. The lowest BCUT2D eigenvalue weighted by Gasteiger charge is -2.27. The molecular formula is C10H17NO5. The van der Waals surface area contributed by atoms with E-state index in [1.807, 2.05) is 0 Å². The summed E-state index contributed by atoms with van der Waals surface area (Å²) >= 11 is 0. The van der Waals surface area contributed by atoms with E-state index in [1.54, 1.807) is 0 Å². The fourth-order valence-electron chi connectivity index (χ4n) is 1.73. The lowest BCUT2D eigenvalue weighted by Crippen LogP contribution is -2.39. The second-order valence-electron chi connectivity index (χ2n) is 3.68. The Morgan fingerprint density at radius 1 is 1.06 bits per heavy atom. The molecule has 0 atom stereocenters. The van der Waals surface area contributed by atoms with E-state index in [0.717, 1.165) is 25.7 Å². The predicted molar refractivity (Wildman–Crippen MR) is 55.1 cm³/mol. The summed E-state index contributed by atoms with van der Waals surface area (Å²) in [5.41, 5.74) is 0. The van der Waals surface area contributed by atoms with Crippen molar-refractivity contribution in [2.45, 2.75) is 37.8 Å². The molecule has 0 radical (unpaired) electrons. The highest BCUT2D eigenvalue weighted by Gasteiger charge is 2.25. The van der Waals surface area contributed by atoms with Gasteiger partial charge >= 0.3 is 12.2 Å². The summed E-state index contributed by atoms with van der Waals surface area (Å²) in [6, 6.07) is 0.102. The fourth-order valence-corrected chi connectivity index (χ4v) is 1.73. The standard InChI is InChI=1S/C10H17NO5/c1-14-9(12)11-7-3-5-8(6-4-7)16-10(13)15-2/h7-8H,3-6H2,1-2H3,(H,11,12). The number of rotatable bonds is 2. The van der Waals surface area contributed by atoms with Crippen LogP contribution >= 0.6 is 0 Å². The molecule has 1 fully saturated rings. The second kappa shape index (κ2) is 6.19. The molecule has 92 valence electrons. The van der Waals surface area contributed by atoms with Crippen molar-refractivity contribution in [1.29, 1.82) is 0 Å². The highest BCUT2D eigenvalue weighted by atomic mass is 16.7. The number of alkyl carbamates (subject to hydrolysis) is 1. The van der Waals surface area contributed by atoms with Crippen LogP contribution in [0.3, 0.4) is 0 Å². The van der Waals surface area contributed by atoms with Crippen LogP contribution in [-0.4, -0.2) is 38.6 Å². The fraction of sp³-hybridized carbons (Fsp3) is 0.800. The van der Waals surface area contributed by atoms with E-state index in [0.29, 0.717) is 0 Å². The summed E-state index contributed by atoms with van der Waals surface area (Å²) < 4.78 is 13.9. The number of ether oxygens (including phenoxy) is 3. The SMILES string of the molecule is COC(=O)NC1CCC(OC(=O)OC)CC1. The monoisotopic (exact) mass is 231 g/mol. The van der Waals surface area contributed by atoms with Gasteiger partial charge in [-0.25, -0.2) is 9.59 Å². The third-order valence-corrected chi connectivity index (χ3v) is 2.61. The molecule has 6 heteroatoms. The average molecular weight is 231 g/mol. The van der Waals surface area contributed by atoms with Crippen LogP contribution in [0.25, 0.3) is 0 Å². The largest absolute Gasteiger partial charge is 0.508 e. The van der Waals surface area contributed by atoms with Gasteiger partial charge in [0.15, 0.2) is 0 Å². The van der Waals surface area contributed by atoms with Gasteiger partial charge < -0.3 is 19.5 Å². The first-order chi connectivity index (χ1) is 7.65. The minimum atomic E-state index is -0.649. The average Bonchev–Trinajstić information content (AvgIpc) is 2.31. The van der Waals surface area contributed by atoms with Crippen molar-refractivity contribution in [2.24, 2.45) is 0 Å². The van der Waals surface area contributed by atoms with Gasteiger partial charge in [0.2, 0.25) is 0 Å². The number of nitrogens with one attached hydrogen (secondary N) is 1. The topological polar surface area (TPSA) is 73.9 Å². The van der Waals surface area contributed by atoms with Crippen molar-refractivity contribution >= 4 is 12.2 Å². The first-order valence-electron chi connectivity index (χ1n) is 5.24. The van der Waals surface area contributed by atoms with Crippen LogP contribution in [0.1, 0.15) is 25.7 Å². The summed E-state index contributed by atoms with van der Waals surface area (Å²) in [6.07, 6.45) is 1.82. The molecule has 1 amide bonds. The van der Waals surface area contributed by atoms with Crippen molar-refractivity contribution in [1.82, 2.24) is 5.32 Å². The lowest BCUT2D eigenvalue weighted by molar-refractivity contribution is 0.0193. The van der Waals surface area contributed by atoms with Gasteiger partial charge in [-0.3, -0.25) is 0 Å². The molecule has 0 aliphatic heterocycles. The van der Waals surface area contributed by atoms with Crippen LogP contribution < -0.4 is 5.32 Å². The molecule has 0 unspecified atom stereocenters. The Hall–Kier alpha value is -1.46. The van der Waals surface area contributed by atoms with E-state index in [1.165, 1.54) is 14.2 Å². The van der Waals surface area contributed by atoms with Crippen molar-refractivity contribution < 1.29 is 23.8 Å². The van der Waals surface area contributed by atoms with Crippen LogP contribution in [0.4, 0.5) is 9.59 Å². The number of carbonyl (C=O) groups is 2. The molecule has 0 spiro atoms. The molecule has 0 aromatic heterocycles. The number of hydrogen-bond donors (Lipinski definition) is 1. The van der Waals surface area contributed by atoms with Crippen LogP contribution in [-0.2, 0) is 14.2 Å². The maximum absolute atomic E-state index is 10.9. The van der Waals surface area contributed by atoms with Crippen molar-refractivity contribution in [2.75, 3.05) is 14.2 Å². The summed E-state index contributed by atoms with van der Waals surface area (Å²) in [5, 5.41) is 2.72. The number of carbonyl (C=O) groups excluding carboxylic acids is 2. The zero-order valence-corrected chi connectivity index (χ0v) is 9.52. The van der Waals surface area contributed by atoms with E-state index < -0.39 is 12.2 Å². The summed E-state index contributed by atoms with van der Waals surface area (Å²) in [4.78, 5) is 21.8. The van der Waals surface area contributed by atoms with Gasteiger partial charge in [-0.05, 0) is 25.7 Å². The molecule has 16 heavy (non-hydrogen) atoms. The molecule has 0 saturated heterocycles. The molecule has 6 nitrogen and oxygen atoms in total. The first kappa shape index (κ1) is 12.6. The minimum Gasteiger partial charge on any atom is -0.453 e. The third-order valence-electron chi connectivity index (χ3n) is 2.61. The molecule has 0 aromatic rings. The minimum absolute atomic E-state index is 0.102. The Balaban J connectivity index is 2.23. The van der Waals surface area contributed by atoms with E-state index in [-0.39, 0.29) is 12.1 Å². The Morgan fingerprint density at radius 2 is 1.69 bits per heavy atom. The summed E-state index contributed by atoms with van der Waals surface area (Å²) in [5.74, 6) is 0. The Morgan fingerprint density at radius 3 is 2.19 bits per heavy atom. The van der Waals surface area contributed by atoms with Gasteiger partial charge in [0, 0.05) is 6.04 Å². The van der Waals surface area contributed by atoms with Crippen molar-refractivity contribution in [3.63, 3.8) is 0 Å². The highest BCUT2D eigenvalue weighted by Crippen LogP contribution is 2.21. The Bertz CT molecular complexity index is 222. The Kier molecular flexibility index (Phi) is 4.88. The number of hydrogen-bond acceptors (Lipinski definition) is 5. The summed E-state index contributed by atoms with van der Waals surface area (Å²) in [6.45, 7) is 0. The van der Waals surface area contributed by atoms with E-state index >= 15 is 0 Å². The maximum atomic E-state index is 10.9. The molecule has 1 N–H and O–H groups in total. The van der Waals surface area contributed by atoms with Gasteiger partial charge in [-0.2, -0.15) is 0 Å². The van der Waals surface area contributed by atoms with Gasteiger partial charge in [0.1, 0.15) is 6.10 Å². The van der Waals surface area contributed by atoms with Crippen molar-refractivity contribution in [3.8, 4) is 0 Å². The van der Waals surface area contributed by atoms with Gasteiger partial charge in [0.25, 0.3) is 0 Å². The molecule has 0 heterocycles. The zero-order chi connectivity index (χ0) is 12.0. The van der Waals surface area contributed by atoms with E-state index in [2.05, 4.69) is 14.8 Å². The lowest BCUT2D eigenvalue weighted by atomic mass is 9.93. The molecule has 1 aliphatic rings. The van der Waals surface area contributed by atoms with Crippen LogP contribution in [0.2, 0.25) is 0 Å². The van der Waals surface area contributed by atoms with Gasteiger partial charge in [0.05, 0.1) is 14.2 Å². The first-order valence-corrected chi connectivity index (χ1v) is 5.24. The molecule has 0 aromatic carbocycles. The van der Waals surface area contributed by atoms with Crippen LogP contribution in [0.15, 0.2) is 0 Å². The molecule has 1 saturated carbocycles. The van der Waals surface area contributed by atoms with Crippen molar-refractivity contribution in [3.05, 3.63) is 0 Å². The molecule has 0 bridgehead atoms. The third kappa shape index (κ3) is 3.96. The van der Waals surface area contributed by atoms with Gasteiger partial charge in [-0.1, -0.05) is 0 Å². The summed E-state index contributed by atoms with van der Waals surface area (Å²) in [7, 11) is 2.62.